The zero-order valence-corrected chi connectivity index (χ0v) is 12.2. The van der Waals surface area contributed by atoms with E-state index in [9.17, 15) is 0 Å². The number of hydrogen-bond donors (Lipinski definition) is 0. The van der Waals surface area contributed by atoms with Gasteiger partial charge in [-0.2, -0.15) is 0 Å². The number of nitrogens with zero attached hydrogens (tertiary/aromatic N) is 1. The molecule has 0 radical (unpaired) electrons. The first-order chi connectivity index (χ1) is 9.10. The first-order valence-corrected chi connectivity index (χ1v) is 7.01. The fourth-order valence-corrected chi connectivity index (χ4v) is 2.19. The van der Waals surface area contributed by atoms with Gasteiger partial charge in [0.05, 0.1) is 13.2 Å². The molecule has 1 saturated heterocycles. The van der Waals surface area contributed by atoms with Gasteiger partial charge in [0, 0.05) is 23.7 Å². The van der Waals surface area contributed by atoms with Gasteiger partial charge in [-0.05, 0) is 31.0 Å². The Labute approximate surface area is 119 Å². The van der Waals surface area contributed by atoms with Crippen LogP contribution in [0.25, 0.3) is 0 Å². The van der Waals surface area contributed by atoms with E-state index in [1.807, 2.05) is 37.4 Å². The van der Waals surface area contributed by atoms with Gasteiger partial charge in [-0.1, -0.05) is 30.7 Å². The summed E-state index contributed by atoms with van der Waals surface area (Å²) in [6, 6.07) is 7.65. The number of hydrogen-bond acceptors (Lipinski definition) is 3. The van der Waals surface area contributed by atoms with E-state index < -0.39 is 5.79 Å². The monoisotopic (exact) mass is 281 g/mol. The molecule has 104 valence electrons. The van der Waals surface area contributed by atoms with Crippen LogP contribution in [0.15, 0.2) is 29.3 Å². The van der Waals surface area contributed by atoms with E-state index in [1.165, 1.54) is 0 Å². The van der Waals surface area contributed by atoms with Crippen molar-refractivity contribution >= 4 is 17.8 Å². The fraction of sp³-hybridized carbons (Fsp3) is 0.533. The van der Waals surface area contributed by atoms with Crippen LogP contribution in [0.5, 0.6) is 0 Å². The van der Waals surface area contributed by atoms with Crippen molar-refractivity contribution in [2.24, 2.45) is 10.9 Å². The smallest absolute Gasteiger partial charge is 0.168 e. The molecule has 1 aromatic carbocycles. The topological polar surface area (TPSA) is 30.8 Å². The van der Waals surface area contributed by atoms with Crippen molar-refractivity contribution in [1.29, 1.82) is 0 Å². The van der Waals surface area contributed by atoms with Gasteiger partial charge in [0.25, 0.3) is 0 Å². The summed E-state index contributed by atoms with van der Waals surface area (Å²) >= 11 is 5.83. The van der Waals surface area contributed by atoms with Gasteiger partial charge in [0.2, 0.25) is 0 Å². The fourth-order valence-electron chi connectivity index (χ4n) is 2.06. The minimum atomic E-state index is -0.435. The lowest BCUT2D eigenvalue weighted by molar-refractivity contribution is -0.177. The van der Waals surface area contributed by atoms with Crippen molar-refractivity contribution in [2.75, 3.05) is 19.8 Å². The third-order valence-electron chi connectivity index (χ3n) is 3.56. The quantitative estimate of drug-likeness (QED) is 0.773. The Balaban J connectivity index is 1.78. The molecular formula is C15H20ClNO2. The summed E-state index contributed by atoms with van der Waals surface area (Å²) in [7, 11) is 0. The predicted molar refractivity (Wildman–Crippen MR) is 78.0 cm³/mol. The molecule has 1 fully saturated rings. The summed E-state index contributed by atoms with van der Waals surface area (Å²) in [5.74, 6) is -0.104. The third-order valence-corrected chi connectivity index (χ3v) is 3.81. The van der Waals surface area contributed by atoms with Gasteiger partial charge in [-0.3, -0.25) is 4.99 Å². The average Bonchev–Trinajstić information content (AvgIpc) is 2.85. The number of ether oxygens (including phenoxy) is 2. The van der Waals surface area contributed by atoms with Crippen LogP contribution < -0.4 is 0 Å². The molecule has 1 unspecified atom stereocenters. The maximum atomic E-state index is 5.83. The van der Waals surface area contributed by atoms with Crippen LogP contribution >= 0.6 is 11.6 Å². The SMILES string of the molecule is CC(CCN=Cc1ccc(Cl)cc1)C1(C)OCCO1. The largest absolute Gasteiger partial charge is 0.348 e. The second kappa shape index (κ2) is 6.51. The summed E-state index contributed by atoms with van der Waals surface area (Å²) in [6.45, 7) is 6.30. The van der Waals surface area contributed by atoms with Crippen molar-refractivity contribution < 1.29 is 9.47 Å². The van der Waals surface area contributed by atoms with E-state index in [2.05, 4.69) is 11.9 Å². The first-order valence-electron chi connectivity index (χ1n) is 6.63. The van der Waals surface area contributed by atoms with Crippen LogP contribution in [0.1, 0.15) is 25.8 Å². The van der Waals surface area contributed by atoms with Crippen molar-refractivity contribution in [3.63, 3.8) is 0 Å². The van der Waals surface area contributed by atoms with Gasteiger partial charge in [-0.15, -0.1) is 0 Å². The maximum Gasteiger partial charge on any atom is 0.168 e. The molecule has 0 spiro atoms. The highest BCUT2D eigenvalue weighted by Crippen LogP contribution is 2.29. The van der Waals surface area contributed by atoms with E-state index >= 15 is 0 Å². The first kappa shape index (κ1) is 14.5. The number of rotatable bonds is 5. The predicted octanol–water partition coefficient (Wildman–Crippen LogP) is 3.55. The summed E-state index contributed by atoms with van der Waals surface area (Å²) in [6.07, 6.45) is 2.82. The molecule has 1 aromatic rings. The molecule has 1 atom stereocenters. The molecule has 0 N–H and O–H groups in total. The Morgan fingerprint density at radius 2 is 1.95 bits per heavy atom. The average molecular weight is 282 g/mol. The highest BCUT2D eigenvalue weighted by Gasteiger charge is 2.36. The van der Waals surface area contributed by atoms with E-state index in [-0.39, 0.29) is 0 Å². The molecule has 0 aromatic heterocycles. The maximum absolute atomic E-state index is 5.83. The highest BCUT2D eigenvalue weighted by atomic mass is 35.5. The Kier molecular flexibility index (Phi) is 4.97. The summed E-state index contributed by atoms with van der Waals surface area (Å²) in [5, 5.41) is 0.745. The molecule has 4 heteroatoms. The Hall–Kier alpha value is -0.900. The minimum Gasteiger partial charge on any atom is -0.348 e. The number of halogens is 1. The summed E-state index contributed by atoms with van der Waals surface area (Å²) < 4.78 is 11.3. The normalized spacial score (nSPS) is 19.9. The minimum absolute atomic E-state index is 0.331. The molecule has 0 amide bonds. The van der Waals surface area contributed by atoms with Crippen LogP contribution in [-0.4, -0.2) is 31.8 Å². The molecule has 0 saturated carbocycles. The zero-order valence-electron chi connectivity index (χ0n) is 11.4. The molecule has 19 heavy (non-hydrogen) atoms. The number of aliphatic imine (C=N–C) groups is 1. The summed E-state index contributed by atoms with van der Waals surface area (Å²) in [5.41, 5.74) is 1.07. The van der Waals surface area contributed by atoms with Gasteiger partial charge >= 0.3 is 0 Å². The molecular weight excluding hydrogens is 262 g/mol. The number of benzene rings is 1. The highest BCUT2D eigenvalue weighted by molar-refractivity contribution is 6.30. The lowest BCUT2D eigenvalue weighted by Gasteiger charge is -2.29. The van der Waals surface area contributed by atoms with Crippen molar-refractivity contribution in [3.8, 4) is 0 Å². The Morgan fingerprint density at radius 3 is 2.58 bits per heavy atom. The molecule has 2 rings (SSSR count). The van der Waals surface area contributed by atoms with Crippen molar-refractivity contribution in [2.45, 2.75) is 26.1 Å². The van der Waals surface area contributed by atoms with Crippen molar-refractivity contribution in [3.05, 3.63) is 34.9 Å². The molecule has 1 heterocycles. The molecule has 0 aliphatic carbocycles. The van der Waals surface area contributed by atoms with Gasteiger partial charge < -0.3 is 9.47 Å². The molecule has 3 nitrogen and oxygen atoms in total. The van der Waals surface area contributed by atoms with E-state index in [4.69, 9.17) is 21.1 Å². The second-order valence-electron chi connectivity index (χ2n) is 4.99. The standard InChI is InChI=1S/C15H20ClNO2/c1-12(15(2)18-9-10-19-15)7-8-17-11-13-3-5-14(16)6-4-13/h3-6,11-12H,7-10H2,1-2H3. The third kappa shape index (κ3) is 4.03. The second-order valence-corrected chi connectivity index (χ2v) is 5.43. The van der Waals surface area contributed by atoms with E-state index in [1.54, 1.807) is 0 Å². The van der Waals surface area contributed by atoms with Crippen LogP contribution in [0, 0.1) is 5.92 Å². The molecule has 0 bridgehead atoms. The van der Waals surface area contributed by atoms with Crippen LogP contribution in [0.3, 0.4) is 0 Å². The van der Waals surface area contributed by atoms with Gasteiger partial charge in [0.1, 0.15) is 0 Å². The Morgan fingerprint density at radius 1 is 1.32 bits per heavy atom. The van der Waals surface area contributed by atoms with Gasteiger partial charge in [0.15, 0.2) is 5.79 Å². The van der Waals surface area contributed by atoms with Gasteiger partial charge in [-0.25, -0.2) is 0 Å². The van der Waals surface area contributed by atoms with Crippen LogP contribution in [-0.2, 0) is 9.47 Å². The lowest BCUT2D eigenvalue weighted by atomic mass is 9.99. The van der Waals surface area contributed by atoms with E-state index in [0.717, 1.165) is 23.6 Å². The Bertz CT molecular complexity index is 424. The van der Waals surface area contributed by atoms with E-state index in [0.29, 0.717) is 19.1 Å². The van der Waals surface area contributed by atoms with Crippen molar-refractivity contribution in [1.82, 2.24) is 0 Å². The molecule has 1 aliphatic heterocycles. The summed E-state index contributed by atoms with van der Waals surface area (Å²) in [4.78, 5) is 4.43. The van der Waals surface area contributed by atoms with Crippen LogP contribution in [0.2, 0.25) is 5.02 Å². The van der Waals surface area contributed by atoms with Crippen LogP contribution in [0.4, 0.5) is 0 Å². The molecule has 1 aliphatic rings. The zero-order chi connectivity index (χ0) is 13.7. The lowest BCUT2D eigenvalue weighted by Crippen LogP contribution is -2.34.